The number of amides is 1. The summed E-state index contributed by atoms with van der Waals surface area (Å²) in [6.45, 7) is 4.73. The maximum Gasteiger partial charge on any atom is 0.265 e. The Balaban J connectivity index is 2.15. The van der Waals surface area contributed by atoms with Crippen LogP contribution in [0.1, 0.15) is 41.4 Å². The lowest BCUT2D eigenvalue weighted by molar-refractivity contribution is 0.0736. The van der Waals surface area contributed by atoms with Crippen LogP contribution in [0.2, 0.25) is 5.02 Å². The first-order valence-corrected chi connectivity index (χ1v) is 7.88. The van der Waals surface area contributed by atoms with Crippen molar-refractivity contribution in [1.29, 1.82) is 0 Å². The van der Waals surface area contributed by atoms with Gasteiger partial charge in [0.15, 0.2) is 0 Å². The molecule has 0 aliphatic carbocycles. The van der Waals surface area contributed by atoms with Crippen molar-refractivity contribution in [2.75, 3.05) is 6.54 Å². The van der Waals surface area contributed by atoms with E-state index in [1.807, 2.05) is 24.1 Å². The van der Waals surface area contributed by atoms with Gasteiger partial charge in [0.25, 0.3) is 5.91 Å². The Morgan fingerprint density at radius 3 is 2.94 bits per heavy atom. The van der Waals surface area contributed by atoms with Gasteiger partial charge in [-0.05, 0) is 44.1 Å². The minimum Gasteiger partial charge on any atom is -0.335 e. The van der Waals surface area contributed by atoms with Crippen molar-refractivity contribution in [3.63, 3.8) is 0 Å². The Morgan fingerprint density at radius 1 is 1.67 bits per heavy atom. The normalized spacial score (nSPS) is 21.3. The third-order valence-corrected chi connectivity index (χ3v) is 5.19. The molecule has 2 rings (SSSR count). The zero-order valence-corrected chi connectivity index (χ0v) is 12.9. The number of carbonyl (C=O) groups is 1. The summed E-state index contributed by atoms with van der Waals surface area (Å²) in [6.07, 6.45) is 2.96. The van der Waals surface area contributed by atoms with Gasteiger partial charge >= 0.3 is 0 Å². The molecule has 0 aromatic carbocycles. The van der Waals surface area contributed by atoms with Gasteiger partial charge in [0.2, 0.25) is 0 Å². The second-order valence-corrected chi connectivity index (χ2v) is 6.88. The van der Waals surface area contributed by atoms with Crippen LogP contribution in [-0.4, -0.2) is 28.8 Å². The van der Waals surface area contributed by atoms with Gasteiger partial charge in [-0.25, -0.2) is 0 Å². The predicted octanol–water partition coefficient (Wildman–Crippen LogP) is 4.33. The summed E-state index contributed by atoms with van der Waals surface area (Å²) in [5.41, 5.74) is 0.978. The molecule has 1 fully saturated rings. The molecule has 2 nitrogen and oxygen atoms in total. The van der Waals surface area contributed by atoms with E-state index in [1.165, 1.54) is 11.3 Å². The maximum absolute atomic E-state index is 12.5. The molecule has 18 heavy (non-hydrogen) atoms. The van der Waals surface area contributed by atoms with Crippen LogP contribution >= 0.6 is 34.5 Å². The third-order valence-electron chi connectivity index (χ3n) is 3.33. The Bertz CT molecular complexity index is 444. The number of nitrogens with zero attached hydrogens (tertiary/aromatic N) is 1. The molecule has 0 N–H and O–H groups in total. The number of hydrogen-bond donors (Lipinski definition) is 0. The highest BCUT2D eigenvalue weighted by atomic mass is 35.5. The molecule has 1 amide bonds. The lowest BCUT2D eigenvalue weighted by Gasteiger charge is -2.25. The fourth-order valence-corrected chi connectivity index (χ4v) is 3.86. The minimum atomic E-state index is 0.0675. The molecule has 1 aliphatic rings. The van der Waals surface area contributed by atoms with Crippen molar-refractivity contribution in [3.8, 4) is 0 Å². The number of halogens is 2. The van der Waals surface area contributed by atoms with Crippen molar-refractivity contribution in [2.45, 2.75) is 44.5 Å². The Hall–Kier alpha value is -0.250. The van der Waals surface area contributed by atoms with Crippen LogP contribution in [0.4, 0.5) is 0 Å². The molecule has 2 unspecified atom stereocenters. The molecule has 1 aliphatic heterocycles. The van der Waals surface area contributed by atoms with Crippen molar-refractivity contribution < 1.29 is 4.79 Å². The molecule has 5 heteroatoms. The number of likely N-dealkylation sites (tertiary alicyclic amines) is 1. The molecule has 0 spiro atoms. The standard InChI is InChI=1S/C13H17Cl2NOS/c1-8-7-18-12(11(8)15)13(17)16-5-3-4-10(16)6-9(2)14/h7,9-10H,3-6H2,1-2H3. The molecule has 1 aromatic heterocycles. The van der Waals surface area contributed by atoms with Gasteiger partial charge in [-0.15, -0.1) is 22.9 Å². The van der Waals surface area contributed by atoms with E-state index in [2.05, 4.69) is 0 Å². The molecule has 1 aromatic rings. The Morgan fingerprint density at radius 2 is 2.39 bits per heavy atom. The van der Waals surface area contributed by atoms with Crippen LogP contribution in [0.15, 0.2) is 5.38 Å². The maximum atomic E-state index is 12.5. The summed E-state index contributed by atoms with van der Waals surface area (Å²) in [5, 5.41) is 2.64. The molecule has 0 bridgehead atoms. The predicted molar refractivity (Wildman–Crippen MR) is 78.1 cm³/mol. The number of hydrogen-bond acceptors (Lipinski definition) is 2. The molecule has 100 valence electrons. The van der Waals surface area contributed by atoms with Crippen LogP contribution in [0.25, 0.3) is 0 Å². The van der Waals surface area contributed by atoms with Crippen LogP contribution in [0.5, 0.6) is 0 Å². The second-order valence-electron chi connectivity index (χ2n) is 4.87. The highest BCUT2D eigenvalue weighted by Gasteiger charge is 2.31. The molecule has 0 radical (unpaired) electrons. The smallest absolute Gasteiger partial charge is 0.265 e. The van der Waals surface area contributed by atoms with Crippen molar-refractivity contribution in [1.82, 2.24) is 4.90 Å². The van der Waals surface area contributed by atoms with E-state index in [0.717, 1.165) is 31.4 Å². The monoisotopic (exact) mass is 305 g/mol. The van der Waals surface area contributed by atoms with E-state index in [4.69, 9.17) is 23.2 Å². The molecule has 2 heterocycles. The molecule has 2 atom stereocenters. The van der Waals surface area contributed by atoms with Gasteiger partial charge in [-0.3, -0.25) is 4.79 Å². The van der Waals surface area contributed by atoms with E-state index in [-0.39, 0.29) is 17.3 Å². The van der Waals surface area contributed by atoms with Gasteiger partial charge in [-0.1, -0.05) is 11.6 Å². The highest BCUT2D eigenvalue weighted by Crippen LogP contribution is 2.32. The number of alkyl halides is 1. The SMILES string of the molecule is Cc1csc(C(=O)N2CCCC2CC(C)Cl)c1Cl. The lowest BCUT2D eigenvalue weighted by atomic mass is 10.1. The second kappa shape index (κ2) is 5.81. The van der Waals surface area contributed by atoms with Gasteiger partial charge in [-0.2, -0.15) is 0 Å². The number of rotatable bonds is 3. The van der Waals surface area contributed by atoms with E-state index in [9.17, 15) is 4.79 Å². The van der Waals surface area contributed by atoms with E-state index in [0.29, 0.717) is 9.90 Å². The van der Waals surface area contributed by atoms with E-state index < -0.39 is 0 Å². The fraction of sp³-hybridized carbons (Fsp3) is 0.615. The zero-order valence-electron chi connectivity index (χ0n) is 10.6. The first kappa shape index (κ1) is 14.2. The van der Waals surface area contributed by atoms with Crippen LogP contribution in [0.3, 0.4) is 0 Å². The van der Waals surface area contributed by atoms with Crippen molar-refractivity contribution in [3.05, 3.63) is 20.8 Å². The Kier molecular flexibility index (Phi) is 4.57. The summed E-state index contributed by atoms with van der Waals surface area (Å²) in [4.78, 5) is 15.1. The number of aryl methyl sites for hydroxylation is 1. The van der Waals surface area contributed by atoms with Gasteiger partial charge in [0.1, 0.15) is 4.88 Å². The summed E-state index contributed by atoms with van der Waals surface area (Å²) in [6, 6.07) is 0.267. The number of thiophene rings is 1. The Labute approximate surface area is 122 Å². The minimum absolute atomic E-state index is 0.0675. The van der Waals surface area contributed by atoms with Crippen LogP contribution in [0, 0.1) is 6.92 Å². The summed E-state index contributed by atoms with van der Waals surface area (Å²) in [7, 11) is 0. The molecule has 1 saturated heterocycles. The van der Waals surface area contributed by atoms with Gasteiger partial charge in [0.05, 0.1) is 5.02 Å². The first-order valence-electron chi connectivity index (χ1n) is 6.19. The summed E-state index contributed by atoms with van der Waals surface area (Å²) in [5.74, 6) is 0.0675. The topological polar surface area (TPSA) is 20.3 Å². The third kappa shape index (κ3) is 2.84. The summed E-state index contributed by atoms with van der Waals surface area (Å²) >= 11 is 13.7. The summed E-state index contributed by atoms with van der Waals surface area (Å²) < 4.78 is 0. The van der Waals surface area contributed by atoms with Crippen molar-refractivity contribution >= 4 is 40.4 Å². The molecular weight excluding hydrogens is 289 g/mol. The van der Waals surface area contributed by atoms with E-state index >= 15 is 0 Å². The quantitative estimate of drug-likeness (QED) is 0.761. The largest absolute Gasteiger partial charge is 0.335 e. The number of carbonyl (C=O) groups excluding carboxylic acids is 1. The van der Waals surface area contributed by atoms with Crippen LogP contribution < -0.4 is 0 Å². The highest BCUT2D eigenvalue weighted by molar-refractivity contribution is 7.13. The van der Waals surface area contributed by atoms with Gasteiger partial charge in [0, 0.05) is 18.0 Å². The molecular formula is C13H17Cl2NOS. The zero-order chi connectivity index (χ0) is 13.3. The van der Waals surface area contributed by atoms with Gasteiger partial charge < -0.3 is 4.90 Å². The fourth-order valence-electron chi connectivity index (χ4n) is 2.43. The average molecular weight is 306 g/mol. The average Bonchev–Trinajstić information content (AvgIpc) is 2.87. The van der Waals surface area contributed by atoms with Crippen LogP contribution in [-0.2, 0) is 0 Å². The van der Waals surface area contributed by atoms with Crippen molar-refractivity contribution in [2.24, 2.45) is 0 Å². The molecule has 0 saturated carbocycles. The first-order chi connectivity index (χ1) is 8.50. The van der Waals surface area contributed by atoms with E-state index in [1.54, 1.807) is 0 Å². The lowest BCUT2D eigenvalue weighted by Crippen LogP contribution is -2.36.